The Kier molecular flexibility index (Phi) is 6.29. The van der Waals surface area contributed by atoms with Gasteiger partial charge in [-0.2, -0.15) is 0 Å². The van der Waals surface area contributed by atoms with E-state index in [-0.39, 0.29) is 23.3 Å². The van der Waals surface area contributed by atoms with E-state index in [1.54, 1.807) is 0 Å². The Morgan fingerprint density at radius 3 is 2.58 bits per heavy atom. The normalized spacial score (nSPS) is 29.1. The van der Waals surface area contributed by atoms with Crippen LogP contribution in [0.3, 0.4) is 0 Å². The predicted octanol–water partition coefficient (Wildman–Crippen LogP) is 3.71. The van der Waals surface area contributed by atoms with Gasteiger partial charge in [0.25, 0.3) is 0 Å². The van der Waals surface area contributed by atoms with Gasteiger partial charge in [0.1, 0.15) is 0 Å². The zero-order valence-electron chi connectivity index (χ0n) is 19.2. The lowest BCUT2D eigenvalue weighted by molar-refractivity contribution is -0.139. The molecular weight excluding hydrogens is 390 g/mol. The molecule has 6 heteroatoms. The molecule has 2 heterocycles. The van der Waals surface area contributed by atoms with Gasteiger partial charge >= 0.3 is 0 Å². The fraction of sp³-hybridized carbons (Fsp3) is 0.680. The molecule has 3 aliphatic rings. The van der Waals surface area contributed by atoms with Crippen LogP contribution in [0.25, 0.3) is 0 Å². The van der Waals surface area contributed by atoms with E-state index in [0.29, 0.717) is 11.9 Å². The van der Waals surface area contributed by atoms with Crippen LogP contribution in [0.15, 0.2) is 18.2 Å². The van der Waals surface area contributed by atoms with Crippen molar-refractivity contribution in [2.24, 2.45) is 11.3 Å². The Morgan fingerprint density at radius 2 is 1.90 bits per heavy atom. The number of carbonyl (C=O) groups is 2. The highest BCUT2D eigenvalue weighted by molar-refractivity contribution is 5.92. The fourth-order valence-corrected chi connectivity index (χ4v) is 5.66. The Labute approximate surface area is 186 Å². The van der Waals surface area contributed by atoms with E-state index in [1.807, 2.05) is 26.0 Å². The second-order valence-electron chi connectivity index (χ2n) is 10.2. The van der Waals surface area contributed by atoms with Crippen LogP contribution in [0.5, 0.6) is 0 Å². The molecule has 31 heavy (non-hydrogen) atoms. The molecule has 170 valence electrons. The van der Waals surface area contributed by atoms with Crippen molar-refractivity contribution >= 4 is 23.2 Å². The lowest BCUT2D eigenvalue weighted by Crippen LogP contribution is -2.50. The molecule has 1 aliphatic carbocycles. The van der Waals surface area contributed by atoms with Gasteiger partial charge in [0.15, 0.2) is 0 Å². The first-order valence-corrected chi connectivity index (χ1v) is 11.9. The second-order valence-corrected chi connectivity index (χ2v) is 10.2. The van der Waals surface area contributed by atoms with Gasteiger partial charge in [-0.1, -0.05) is 13.8 Å². The summed E-state index contributed by atoms with van der Waals surface area (Å²) < 4.78 is 0. The van der Waals surface area contributed by atoms with E-state index in [0.717, 1.165) is 81.5 Å². The highest BCUT2D eigenvalue weighted by Crippen LogP contribution is 2.44. The first kappa shape index (κ1) is 22.1. The molecule has 0 aromatic heterocycles. The number of piperidine rings is 1. The highest BCUT2D eigenvalue weighted by Gasteiger charge is 2.50. The zero-order chi connectivity index (χ0) is 22.2. The Bertz CT molecular complexity index is 831. The number of hydrogen-bond acceptors (Lipinski definition) is 4. The molecule has 1 atom stereocenters. The SMILES string of the molecule is Cc1cc(NC(=O)C(C)C)ccc1N1CCC[C@@]2(CCN(C3CCC(O)CC3)C2=O)C1. The van der Waals surface area contributed by atoms with Gasteiger partial charge in [-0.3, -0.25) is 9.59 Å². The van der Waals surface area contributed by atoms with Crippen molar-refractivity contribution in [2.45, 2.75) is 77.9 Å². The average Bonchev–Trinajstić information content (AvgIpc) is 3.04. The van der Waals surface area contributed by atoms with E-state index >= 15 is 0 Å². The number of carbonyl (C=O) groups excluding carboxylic acids is 2. The van der Waals surface area contributed by atoms with E-state index in [1.165, 1.54) is 0 Å². The quantitative estimate of drug-likeness (QED) is 0.768. The molecule has 0 radical (unpaired) electrons. The summed E-state index contributed by atoms with van der Waals surface area (Å²) in [4.78, 5) is 30.1. The Morgan fingerprint density at radius 1 is 1.16 bits per heavy atom. The number of aryl methyl sites for hydroxylation is 1. The number of nitrogens with zero attached hydrogens (tertiary/aromatic N) is 2. The van der Waals surface area contributed by atoms with Crippen LogP contribution in [0, 0.1) is 18.3 Å². The van der Waals surface area contributed by atoms with Gasteiger partial charge in [-0.25, -0.2) is 0 Å². The van der Waals surface area contributed by atoms with Gasteiger partial charge in [-0.05, 0) is 75.6 Å². The molecule has 1 saturated carbocycles. The number of hydrogen-bond donors (Lipinski definition) is 2. The van der Waals surface area contributed by atoms with Crippen LogP contribution >= 0.6 is 0 Å². The summed E-state index contributed by atoms with van der Waals surface area (Å²) in [6, 6.07) is 6.40. The van der Waals surface area contributed by atoms with Crippen molar-refractivity contribution in [3.05, 3.63) is 23.8 Å². The van der Waals surface area contributed by atoms with E-state index < -0.39 is 0 Å². The van der Waals surface area contributed by atoms with Crippen molar-refractivity contribution in [3.63, 3.8) is 0 Å². The number of anilines is 2. The standard InChI is InChI=1S/C25H37N3O3/c1-17(2)23(30)26-19-5-10-22(18(3)15-19)27-13-4-11-25(16-27)12-14-28(24(25)31)20-6-8-21(29)9-7-20/h5,10,15,17,20-21,29H,4,6-9,11-14,16H2,1-3H3,(H,26,30)/t20?,21?,25-/m1/s1. The van der Waals surface area contributed by atoms with Gasteiger partial charge in [0.05, 0.1) is 11.5 Å². The van der Waals surface area contributed by atoms with Gasteiger partial charge in [-0.15, -0.1) is 0 Å². The average molecular weight is 428 g/mol. The number of amides is 2. The minimum absolute atomic E-state index is 0.0240. The molecule has 1 aromatic rings. The molecular formula is C25H37N3O3. The first-order valence-electron chi connectivity index (χ1n) is 11.9. The molecule has 2 N–H and O–H groups in total. The Hall–Kier alpha value is -2.08. The highest BCUT2D eigenvalue weighted by atomic mass is 16.3. The largest absolute Gasteiger partial charge is 0.393 e. The van der Waals surface area contributed by atoms with Crippen molar-refractivity contribution in [2.75, 3.05) is 29.9 Å². The third-order valence-electron chi connectivity index (χ3n) is 7.56. The van der Waals surface area contributed by atoms with Crippen molar-refractivity contribution < 1.29 is 14.7 Å². The molecule has 2 aliphatic heterocycles. The molecule has 0 unspecified atom stereocenters. The lowest BCUT2D eigenvalue weighted by Gasteiger charge is -2.42. The van der Waals surface area contributed by atoms with E-state index in [4.69, 9.17) is 0 Å². The summed E-state index contributed by atoms with van der Waals surface area (Å²) in [6.07, 6.45) is 6.21. The molecule has 1 aromatic carbocycles. The molecule has 1 spiro atoms. The van der Waals surface area contributed by atoms with Gasteiger partial charge in [0.2, 0.25) is 11.8 Å². The summed E-state index contributed by atoms with van der Waals surface area (Å²) in [7, 11) is 0. The maximum absolute atomic E-state index is 13.6. The van der Waals surface area contributed by atoms with Crippen LogP contribution in [0.1, 0.15) is 64.4 Å². The number of rotatable bonds is 4. The third kappa shape index (κ3) is 4.45. The topological polar surface area (TPSA) is 72.9 Å². The molecule has 2 amide bonds. The summed E-state index contributed by atoms with van der Waals surface area (Å²) in [5, 5.41) is 12.8. The monoisotopic (exact) mass is 427 g/mol. The maximum atomic E-state index is 13.6. The molecule has 2 saturated heterocycles. The van der Waals surface area contributed by atoms with Crippen molar-refractivity contribution in [1.82, 2.24) is 4.90 Å². The van der Waals surface area contributed by atoms with Crippen molar-refractivity contribution in [3.8, 4) is 0 Å². The van der Waals surface area contributed by atoms with E-state index in [9.17, 15) is 14.7 Å². The lowest BCUT2D eigenvalue weighted by atomic mass is 9.78. The number of likely N-dealkylation sites (tertiary alicyclic amines) is 1. The smallest absolute Gasteiger partial charge is 0.230 e. The number of aliphatic hydroxyl groups excluding tert-OH is 1. The van der Waals surface area contributed by atoms with Crippen LogP contribution in [-0.4, -0.2) is 53.6 Å². The third-order valence-corrected chi connectivity index (χ3v) is 7.56. The zero-order valence-corrected chi connectivity index (χ0v) is 19.2. The van der Waals surface area contributed by atoms with Crippen LogP contribution < -0.4 is 10.2 Å². The predicted molar refractivity (Wildman–Crippen MR) is 123 cm³/mol. The fourth-order valence-electron chi connectivity index (χ4n) is 5.66. The Balaban J connectivity index is 1.46. The molecule has 3 fully saturated rings. The van der Waals surface area contributed by atoms with E-state index in [2.05, 4.69) is 28.1 Å². The van der Waals surface area contributed by atoms with Crippen LogP contribution in [0.4, 0.5) is 11.4 Å². The number of benzene rings is 1. The first-order chi connectivity index (χ1) is 14.8. The van der Waals surface area contributed by atoms with Gasteiger partial charge < -0.3 is 20.2 Å². The molecule has 4 rings (SSSR count). The summed E-state index contributed by atoms with van der Waals surface area (Å²) in [6.45, 7) is 8.45. The second kappa shape index (κ2) is 8.81. The minimum atomic E-state index is -0.273. The summed E-state index contributed by atoms with van der Waals surface area (Å²) in [5.41, 5.74) is 2.84. The van der Waals surface area contributed by atoms with Crippen LogP contribution in [0.2, 0.25) is 0 Å². The number of aliphatic hydroxyl groups is 1. The van der Waals surface area contributed by atoms with Crippen molar-refractivity contribution in [1.29, 1.82) is 0 Å². The number of nitrogens with one attached hydrogen (secondary N) is 1. The maximum Gasteiger partial charge on any atom is 0.230 e. The summed E-state index contributed by atoms with van der Waals surface area (Å²) in [5.74, 6) is 0.304. The molecule has 6 nitrogen and oxygen atoms in total. The molecule has 0 bridgehead atoms. The minimum Gasteiger partial charge on any atom is -0.393 e. The summed E-state index contributed by atoms with van der Waals surface area (Å²) >= 11 is 0. The van der Waals surface area contributed by atoms with Crippen LogP contribution in [-0.2, 0) is 9.59 Å². The van der Waals surface area contributed by atoms with Gasteiger partial charge in [0, 0.05) is 43.0 Å².